The molecule has 0 saturated carbocycles. The van der Waals surface area contributed by atoms with E-state index in [4.69, 9.17) is 14.2 Å². The predicted molar refractivity (Wildman–Crippen MR) is 280 cm³/mol. The summed E-state index contributed by atoms with van der Waals surface area (Å²) in [5.41, 5.74) is 0. The summed E-state index contributed by atoms with van der Waals surface area (Å²) in [6.45, 7) is 6.66. The van der Waals surface area contributed by atoms with E-state index in [9.17, 15) is 14.4 Å². The summed E-state index contributed by atoms with van der Waals surface area (Å²) in [4.78, 5) is 38.1. The summed E-state index contributed by atoms with van der Waals surface area (Å²) >= 11 is 0. The minimum Gasteiger partial charge on any atom is -0.462 e. The monoisotopic (exact) mass is 917 g/mol. The minimum atomic E-state index is -0.767. The van der Waals surface area contributed by atoms with E-state index in [0.717, 1.165) is 64.2 Å². The number of hydrogen-bond donors (Lipinski definition) is 0. The topological polar surface area (TPSA) is 78.9 Å². The van der Waals surface area contributed by atoms with Crippen molar-refractivity contribution in [2.75, 3.05) is 13.2 Å². The number of esters is 3. The number of ether oxygens (including phenoxy) is 3. The van der Waals surface area contributed by atoms with Crippen molar-refractivity contribution >= 4 is 17.9 Å². The van der Waals surface area contributed by atoms with Gasteiger partial charge < -0.3 is 14.2 Å². The highest BCUT2D eigenvalue weighted by Crippen LogP contribution is 2.17. The summed E-state index contributed by atoms with van der Waals surface area (Å²) in [7, 11) is 0. The molecule has 0 saturated heterocycles. The Morgan fingerprint density at radius 2 is 0.508 bits per heavy atom. The molecule has 0 radical (unpaired) electrons. The highest BCUT2D eigenvalue weighted by molar-refractivity contribution is 5.71. The highest BCUT2D eigenvalue weighted by Gasteiger charge is 2.19. The Morgan fingerprint density at radius 1 is 0.292 bits per heavy atom. The average molecular weight is 918 g/mol. The summed E-state index contributed by atoms with van der Waals surface area (Å²) in [6, 6.07) is 0. The molecule has 0 rings (SSSR count). The zero-order chi connectivity index (χ0) is 47.2. The van der Waals surface area contributed by atoms with E-state index in [0.29, 0.717) is 19.3 Å². The standard InChI is InChI=1S/C59H112O6/c1-4-7-10-13-16-19-22-25-26-27-28-29-30-31-32-33-35-37-40-43-46-49-52-58(61)64-55-56(54-63-57(60)51-48-45-42-39-36-24-21-18-15-12-9-6-3)65-59(62)53-50-47-44-41-38-34-23-20-17-14-11-8-5-2/h18,21,56H,4-17,19-20,22-55H2,1-3H3/b21-18-. The molecule has 0 aromatic carbocycles. The Morgan fingerprint density at radius 3 is 0.800 bits per heavy atom. The second-order valence-corrected chi connectivity index (χ2v) is 19.9. The lowest BCUT2D eigenvalue weighted by molar-refractivity contribution is -0.167. The van der Waals surface area contributed by atoms with Crippen LogP contribution in [0.2, 0.25) is 0 Å². The molecule has 1 atom stereocenters. The van der Waals surface area contributed by atoms with Gasteiger partial charge in [0.15, 0.2) is 6.10 Å². The lowest BCUT2D eigenvalue weighted by Crippen LogP contribution is -2.30. The Balaban J connectivity index is 4.21. The third kappa shape index (κ3) is 53.0. The SMILES string of the molecule is CCCCC/C=C\CCCCCCCC(=O)OCC(COC(=O)CCCCCCCCCCCCCCCCCCCCCCCC)OC(=O)CCCCCCCCCCCCCCC. The molecule has 384 valence electrons. The molecule has 0 spiro atoms. The van der Waals surface area contributed by atoms with Crippen molar-refractivity contribution in [3.63, 3.8) is 0 Å². The molecular formula is C59H112O6. The average Bonchev–Trinajstić information content (AvgIpc) is 3.30. The molecule has 0 aliphatic rings. The first-order valence-corrected chi connectivity index (χ1v) is 29.2. The maximum absolute atomic E-state index is 12.8. The lowest BCUT2D eigenvalue weighted by Gasteiger charge is -2.18. The van der Waals surface area contributed by atoms with Gasteiger partial charge in [0.25, 0.3) is 0 Å². The van der Waals surface area contributed by atoms with E-state index in [-0.39, 0.29) is 31.1 Å². The first-order chi connectivity index (χ1) is 32.0. The van der Waals surface area contributed by atoms with Crippen molar-refractivity contribution in [2.45, 2.75) is 335 Å². The quantitative estimate of drug-likeness (QED) is 0.0262. The van der Waals surface area contributed by atoms with Gasteiger partial charge in [-0.25, -0.2) is 0 Å². The van der Waals surface area contributed by atoms with Crippen LogP contribution in [0.25, 0.3) is 0 Å². The van der Waals surface area contributed by atoms with E-state index >= 15 is 0 Å². The number of carbonyl (C=O) groups excluding carboxylic acids is 3. The van der Waals surface area contributed by atoms with Crippen molar-refractivity contribution in [3.8, 4) is 0 Å². The van der Waals surface area contributed by atoms with Crippen molar-refractivity contribution < 1.29 is 28.6 Å². The lowest BCUT2D eigenvalue weighted by atomic mass is 10.0. The van der Waals surface area contributed by atoms with Crippen LogP contribution in [-0.2, 0) is 28.6 Å². The summed E-state index contributed by atoms with van der Waals surface area (Å²) < 4.78 is 16.9. The second-order valence-electron chi connectivity index (χ2n) is 19.9. The van der Waals surface area contributed by atoms with Gasteiger partial charge in [0.05, 0.1) is 0 Å². The van der Waals surface area contributed by atoms with Gasteiger partial charge in [-0.15, -0.1) is 0 Å². The fraction of sp³-hybridized carbons (Fsp3) is 0.915. The molecule has 0 aliphatic carbocycles. The van der Waals surface area contributed by atoms with E-state index in [1.807, 2.05) is 0 Å². The fourth-order valence-corrected chi connectivity index (χ4v) is 8.85. The second kappa shape index (κ2) is 54.8. The molecule has 0 fully saturated rings. The number of rotatable bonds is 54. The summed E-state index contributed by atoms with van der Waals surface area (Å²) in [5.74, 6) is -0.853. The summed E-state index contributed by atoms with van der Waals surface area (Å²) in [5, 5.41) is 0. The molecule has 6 heteroatoms. The van der Waals surface area contributed by atoms with Crippen LogP contribution in [0, 0.1) is 0 Å². The minimum absolute atomic E-state index is 0.0667. The number of allylic oxidation sites excluding steroid dienone is 2. The third-order valence-electron chi connectivity index (χ3n) is 13.3. The van der Waals surface area contributed by atoms with Crippen LogP contribution in [0.5, 0.6) is 0 Å². The molecule has 0 aromatic heterocycles. The van der Waals surface area contributed by atoms with Gasteiger partial charge in [0.2, 0.25) is 0 Å². The third-order valence-corrected chi connectivity index (χ3v) is 13.3. The van der Waals surface area contributed by atoms with Gasteiger partial charge >= 0.3 is 17.9 Å². The summed E-state index contributed by atoms with van der Waals surface area (Å²) in [6.07, 6.45) is 62.1. The van der Waals surface area contributed by atoms with Gasteiger partial charge in [0, 0.05) is 19.3 Å². The van der Waals surface area contributed by atoms with Crippen molar-refractivity contribution in [3.05, 3.63) is 12.2 Å². The highest BCUT2D eigenvalue weighted by atomic mass is 16.6. The molecule has 0 N–H and O–H groups in total. The Bertz CT molecular complexity index is 1010. The van der Waals surface area contributed by atoms with Crippen LogP contribution in [0.3, 0.4) is 0 Å². The molecule has 0 aromatic rings. The van der Waals surface area contributed by atoms with Crippen molar-refractivity contribution in [1.82, 2.24) is 0 Å². The van der Waals surface area contributed by atoms with Crippen LogP contribution in [0.4, 0.5) is 0 Å². The first-order valence-electron chi connectivity index (χ1n) is 29.2. The van der Waals surface area contributed by atoms with E-state index in [1.165, 1.54) is 225 Å². The van der Waals surface area contributed by atoms with Gasteiger partial charge in [-0.05, 0) is 44.9 Å². The van der Waals surface area contributed by atoms with Crippen molar-refractivity contribution in [1.29, 1.82) is 0 Å². The van der Waals surface area contributed by atoms with Crippen molar-refractivity contribution in [2.24, 2.45) is 0 Å². The molecule has 1 unspecified atom stereocenters. The molecule has 6 nitrogen and oxygen atoms in total. The molecule has 0 heterocycles. The van der Waals surface area contributed by atoms with Gasteiger partial charge in [-0.1, -0.05) is 277 Å². The largest absolute Gasteiger partial charge is 0.462 e. The van der Waals surface area contributed by atoms with Crippen LogP contribution in [0.15, 0.2) is 12.2 Å². The van der Waals surface area contributed by atoms with E-state index in [1.54, 1.807) is 0 Å². The zero-order valence-electron chi connectivity index (χ0n) is 44.0. The number of hydrogen-bond acceptors (Lipinski definition) is 6. The first kappa shape index (κ1) is 63.1. The predicted octanol–water partition coefficient (Wildman–Crippen LogP) is 19.3. The molecule has 65 heavy (non-hydrogen) atoms. The van der Waals surface area contributed by atoms with Crippen LogP contribution in [0.1, 0.15) is 329 Å². The number of carbonyl (C=O) groups is 3. The zero-order valence-corrected chi connectivity index (χ0v) is 44.0. The van der Waals surface area contributed by atoms with E-state index < -0.39 is 6.10 Å². The smallest absolute Gasteiger partial charge is 0.306 e. The van der Waals surface area contributed by atoms with E-state index in [2.05, 4.69) is 32.9 Å². The molecular weight excluding hydrogens is 805 g/mol. The molecule has 0 aliphatic heterocycles. The molecule has 0 amide bonds. The Hall–Kier alpha value is -1.85. The maximum Gasteiger partial charge on any atom is 0.306 e. The molecule has 0 bridgehead atoms. The normalized spacial score (nSPS) is 12.0. The van der Waals surface area contributed by atoms with Gasteiger partial charge in [-0.2, -0.15) is 0 Å². The van der Waals surface area contributed by atoms with Crippen LogP contribution < -0.4 is 0 Å². The fourth-order valence-electron chi connectivity index (χ4n) is 8.85. The number of unbranched alkanes of at least 4 members (excludes halogenated alkanes) is 41. The Kier molecular flexibility index (Phi) is 53.2. The van der Waals surface area contributed by atoms with Gasteiger partial charge in [-0.3, -0.25) is 14.4 Å². The Labute approximate surface area is 405 Å². The maximum atomic E-state index is 12.8. The van der Waals surface area contributed by atoms with Crippen LogP contribution >= 0.6 is 0 Å². The van der Waals surface area contributed by atoms with Gasteiger partial charge in [0.1, 0.15) is 13.2 Å². The van der Waals surface area contributed by atoms with Crippen LogP contribution in [-0.4, -0.2) is 37.2 Å².